The van der Waals surface area contributed by atoms with Gasteiger partial charge in [0, 0.05) is 48.1 Å². The minimum absolute atomic E-state index is 0.429. The lowest BCUT2D eigenvalue weighted by Gasteiger charge is -2.35. The van der Waals surface area contributed by atoms with Crippen molar-refractivity contribution in [2.75, 3.05) is 39.8 Å². The molecule has 1 saturated heterocycles. The van der Waals surface area contributed by atoms with E-state index in [-0.39, 0.29) is 0 Å². The maximum atomic E-state index is 12.4. The number of nitrogens with zero attached hydrogens (tertiary/aromatic N) is 3. The number of aromatic nitrogens is 1. The minimum Gasteiger partial charge on any atom is -0.481 e. The summed E-state index contributed by atoms with van der Waals surface area (Å²) >= 11 is 2.22. The van der Waals surface area contributed by atoms with E-state index in [4.69, 9.17) is 4.74 Å². The maximum Gasteiger partial charge on any atom is 0.401 e. The summed E-state index contributed by atoms with van der Waals surface area (Å²) < 4.78 is 43.4. The fourth-order valence-electron chi connectivity index (χ4n) is 2.35. The van der Waals surface area contributed by atoms with Gasteiger partial charge in [0.05, 0.1) is 13.7 Å². The highest BCUT2D eigenvalue weighted by atomic mass is 127. The van der Waals surface area contributed by atoms with Crippen LogP contribution in [0, 0.1) is 3.57 Å². The van der Waals surface area contributed by atoms with Gasteiger partial charge in [0.1, 0.15) is 0 Å². The number of ether oxygens (including phenoxy) is 1. The van der Waals surface area contributed by atoms with Crippen LogP contribution in [0.5, 0.6) is 5.88 Å². The van der Waals surface area contributed by atoms with E-state index in [1.807, 2.05) is 6.07 Å². The molecule has 1 aliphatic rings. The van der Waals surface area contributed by atoms with E-state index in [0.717, 1.165) is 9.13 Å². The number of pyridine rings is 1. The molecule has 0 radical (unpaired) electrons. The van der Waals surface area contributed by atoms with Gasteiger partial charge in [-0.2, -0.15) is 13.2 Å². The molecule has 4 nitrogen and oxygen atoms in total. The summed E-state index contributed by atoms with van der Waals surface area (Å²) in [7, 11) is 1.57. The molecule has 2 heterocycles. The number of methoxy groups -OCH3 is 1. The van der Waals surface area contributed by atoms with Crippen molar-refractivity contribution in [1.29, 1.82) is 0 Å². The highest BCUT2D eigenvalue weighted by molar-refractivity contribution is 14.1. The van der Waals surface area contributed by atoms with Gasteiger partial charge in [0.2, 0.25) is 5.88 Å². The maximum absolute atomic E-state index is 12.4. The molecule has 1 aliphatic heterocycles. The SMILES string of the molecule is COc1nccc(I)c1CN1CCN(CC(F)(F)F)CC1. The average Bonchev–Trinajstić information content (AvgIpc) is 2.41. The molecule has 1 aromatic heterocycles. The van der Waals surface area contributed by atoms with Crippen molar-refractivity contribution in [2.45, 2.75) is 12.7 Å². The van der Waals surface area contributed by atoms with Gasteiger partial charge in [-0.05, 0) is 28.7 Å². The fraction of sp³-hybridized carbons (Fsp3) is 0.615. The molecule has 0 amide bonds. The Bertz CT molecular complexity index is 476. The van der Waals surface area contributed by atoms with Gasteiger partial charge in [0.15, 0.2) is 0 Å². The van der Waals surface area contributed by atoms with Crippen molar-refractivity contribution >= 4 is 22.6 Å². The first-order valence-corrected chi connectivity index (χ1v) is 7.66. The predicted octanol–water partition coefficient (Wildman–Crippen LogP) is 2.37. The van der Waals surface area contributed by atoms with Crippen LogP contribution in [0.2, 0.25) is 0 Å². The zero-order chi connectivity index (χ0) is 15.5. The van der Waals surface area contributed by atoms with Crippen LogP contribution in [0.1, 0.15) is 5.56 Å². The van der Waals surface area contributed by atoms with Crippen molar-refractivity contribution in [1.82, 2.24) is 14.8 Å². The van der Waals surface area contributed by atoms with Crippen LogP contribution in [-0.4, -0.2) is 60.8 Å². The van der Waals surface area contributed by atoms with Crippen LogP contribution in [0.25, 0.3) is 0 Å². The van der Waals surface area contributed by atoms with E-state index in [1.165, 1.54) is 4.90 Å². The molecular formula is C13H17F3IN3O. The number of rotatable bonds is 4. The van der Waals surface area contributed by atoms with E-state index in [9.17, 15) is 13.2 Å². The van der Waals surface area contributed by atoms with E-state index in [2.05, 4.69) is 32.5 Å². The molecule has 118 valence electrons. The third-order valence-electron chi connectivity index (χ3n) is 3.40. The Morgan fingerprint density at radius 3 is 2.43 bits per heavy atom. The van der Waals surface area contributed by atoms with Crippen LogP contribution in [-0.2, 0) is 6.54 Å². The molecule has 0 unspecified atom stereocenters. The largest absolute Gasteiger partial charge is 0.481 e. The number of hydrogen-bond donors (Lipinski definition) is 0. The Morgan fingerprint density at radius 1 is 1.24 bits per heavy atom. The first-order valence-electron chi connectivity index (χ1n) is 6.58. The van der Waals surface area contributed by atoms with E-state index < -0.39 is 12.7 Å². The Hall–Kier alpha value is -0.610. The minimum atomic E-state index is -4.12. The highest BCUT2D eigenvalue weighted by Crippen LogP contribution is 2.24. The summed E-state index contributed by atoms with van der Waals surface area (Å²) in [6.45, 7) is 1.91. The summed E-state index contributed by atoms with van der Waals surface area (Å²) in [5.41, 5.74) is 0.991. The molecule has 0 N–H and O–H groups in total. The molecule has 2 rings (SSSR count). The predicted molar refractivity (Wildman–Crippen MR) is 81.3 cm³/mol. The van der Waals surface area contributed by atoms with Gasteiger partial charge in [-0.25, -0.2) is 4.98 Å². The summed E-state index contributed by atoms with van der Waals surface area (Å²) in [5.74, 6) is 0.583. The molecule has 0 spiro atoms. The second-order valence-electron chi connectivity index (χ2n) is 4.95. The van der Waals surface area contributed by atoms with Gasteiger partial charge in [-0.15, -0.1) is 0 Å². The van der Waals surface area contributed by atoms with E-state index in [0.29, 0.717) is 38.6 Å². The Labute approximate surface area is 135 Å². The smallest absolute Gasteiger partial charge is 0.401 e. The number of alkyl halides is 3. The molecular weight excluding hydrogens is 398 g/mol. The quantitative estimate of drug-likeness (QED) is 0.707. The first kappa shape index (κ1) is 16.8. The number of halogens is 4. The summed E-state index contributed by atoms with van der Waals surface area (Å²) in [6, 6.07) is 1.90. The van der Waals surface area contributed by atoms with Gasteiger partial charge >= 0.3 is 6.18 Å². The van der Waals surface area contributed by atoms with Crippen LogP contribution in [0.4, 0.5) is 13.2 Å². The molecule has 1 aromatic rings. The molecule has 0 aromatic carbocycles. The zero-order valence-electron chi connectivity index (χ0n) is 11.7. The fourth-order valence-corrected chi connectivity index (χ4v) is 2.91. The van der Waals surface area contributed by atoms with Crippen LogP contribution in [0.15, 0.2) is 12.3 Å². The highest BCUT2D eigenvalue weighted by Gasteiger charge is 2.32. The van der Waals surface area contributed by atoms with Gasteiger partial charge in [-0.1, -0.05) is 0 Å². The molecule has 0 aliphatic carbocycles. The molecule has 1 fully saturated rings. The van der Waals surface area contributed by atoms with Crippen molar-refractivity contribution in [3.8, 4) is 5.88 Å². The van der Waals surface area contributed by atoms with Crippen molar-refractivity contribution in [3.05, 3.63) is 21.4 Å². The van der Waals surface area contributed by atoms with Crippen molar-refractivity contribution < 1.29 is 17.9 Å². The van der Waals surface area contributed by atoms with Gasteiger partial charge < -0.3 is 4.74 Å². The van der Waals surface area contributed by atoms with Crippen LogP contribution < -0.4 is 4.74 Å². The topological polar surface area (TPSA) is 28.6 Å². The number of piperazine rings is 1. The zero-order valence-corrected chi connectivity index (χ0v) is 13.8. The van der Waals surface area contributed by atoms with Gasteiger partial charge in [0.25, 0.3) is 0 Å². The monoisotopic (exact) mass is 415 g/mol. The Kier molecular flexibility index (Phi) is 5.67. The third kappa shape index (κ3) is 4.96. The average molecular weight is 415 g/mol. The summed E-state index contributed by atoms with van der Waals surface area (Å²) in [5, 5.41) is 0. The van der Waals surface area contributed by atoms with Gasteiger partial charge in [-0.3, -0.25) is 9.80 Å². The van der Waals surface area contributed by atoms with Crippen molar-refractivity contribution in [2.24, 2.45) is 0 Å². The molecule has 0 bridgehead atoms. The molecule has 0 atom stereocenters. The molecule has 21 heavy (non-hydrogen) atoms. The second kappa shape index (κ2) is 7.10. The standard InChI is InChI=1S/C13H17F3IN3O/c1-21-12-10(11(17)2-3-18-12)8-19-4-6-20(7-5-19)9-13(14,15)16/h2-3H,4-9H2,1H3. The lowest BCUT2D eigenvalue weighted by Crippen LogP contribution is -2.48. The Morgan fingerprint density at radius 2 is 1.86 bits per heavy atom. The van der Waals surface area contributed by atoms with Crippen molar-refractivity contribution in [3.63, 3.8) is 0 Å². The van der Waals surface area contributed by atoms with E-state index >= 15 is 0 Å². The summed E-state index contributed by atoms with van der Waals surface area (Å²) in [6.07, 6.45) is -2.44. The normalized spacial score (nSPS) is 18.0. The van der Waals surface area contributed by atoms with Crippen LogP contribution in [0.3, 0.4) is 0 Å². The second-order valence-corrected chi connectivity index (χ2v) is 6.11. The molecule has 8 heteroatoms. The lowest BCUT2D eigenvalue weighted by molar-refractivity contribution is -0.149. The lowest BCUT2D eigenvalue weighted by atomic mass is 10.2. The number of hydrogen-bond acceptors (Lipinski definition) is 4. The van der Waals surface area contributed by atoms with Crippen LogP contribution >= 0.6 is 22.6 Å². The first-order chi connectivity index (χ1) is 9.89. The summed E-state index contributed by atoms with van der Waals surface area (Å²) in [4.78, 5) is 7.75. The molecule has 0 saturated carbocycles. The third-order valence-corrected chi connectivity index (χ3v) is 4.41. The Balaban J connectivity index is 1.92. The van der Waals surface area contributed by atoms with E-state index in [1.54, 1.807) is 13.3 Å².